The molecule has 0 aliphatic carbocycles. The molecule has 1 amide bonds. The Hall–Kier alpha value is -3.17. The summed E-state index contributed by atoms with van der Waals surface area (Å²) >= 11 is 2.87. The summed E-state index contributed by atoms with van der Waals surface area (Å²) < 4.78 is 3.09. The molecule has 0 saturated heterocycles. The highest BCUT2D eigenvalue weighted by Crippen LogP contribution is 2.18. The molecule has 160 valence electrons. The first-order valence-corrected chi connectivity index (χ1v) is 11.5. The molecule has 3 aromatic heterocycles. The number of nitrogens with zero attached hydrogens (tertiary/aromatic N) is 3. The number of rotatable bonds is 7. The lowest BCUT2D eigenvalue weighted by atomic mass is 10.2. The number of aryl methyl sites for hydroxylation is 1. The predicted molar refractivity (Wildman–Crippen MR) is 128 cm³/mol. The molecule has 4 aromatic rings. The van der Waals surface area contributed by atoms with Gasteiger partial charge >= 0.3 is 5.69 Å². The van der Waals surface area contributed by atoms with Crippen LogP contribution in [-0.4, -0.2) is 29.1 Å². The molecule has 0 unspecified atom stereocenters. The SMILES string of the molecule is CN(C)c1ccc(NC(=O)Cn2c(=O)n(CCc3cccs3)c(=O)c3sccc32)cc1. The van der Waals surface area contributed by atoms with E-state index in [-0.39, 0.29) is 24.6 Å². The van der Waals surface area contributed by atoms with E-state index in [1.807, 2.05) is 60.8 Å². The number of carbonyl (C=O) groups is 1. The highest BCUT2D eigenvalue weighted by Gasteiger charge is 2.16. The molecule has 9 heteroatoms. The summed E-state index contributed by atoms with van der Waals surface area (Å²) in [5.41, 5.74) is 1.39. The quantitative estimate of drug-likeness (QED) is 0.465. The maximum Gasteiger partial charge on any atom is 0.332 e. The van der Waals surface area contributed by atoms with Crippen molar-refractivity contribution in [2.75, 3.05) is 24.3 Å². The van der Waals surface area contributed by atoms with Gasteiger partial charge in [-0.05, 0) is 53.6 Å². The topological polar surface area (TPSA) is 76.3 Å². The number of carbonyl (C=O) groups excluding carboxylic acids is 1. The lowest BCUT2D eigenvalue weighted by Gasteiger charge is -2.14. The third-order valence-electron chi connectivity index (χ3n) is 4.97. The third-order valence-corrected chi connectivity index (χ3v) is 6.80. The first kappa shape index (κ1) is 21.1. The fourth-order valence-corrected chi connectivity index (χ4v) is 4.89. The van der Waals surface area contributed by atoms with Crippen molar-refractivity contribution >= 4 is 50.2 Å². The highest BCUT2D eigenvalue weighted by molar-refractivity contribution is 7.17. The molecule has 0 atom stereocenters. The van der Waals surface area contributed by atoms with Crippen LogP contribution >= 0.6 is 22.7 Å². The number of benzene rings is 1. The van der Waals surface area contributed by atoms with Crippen LogP contribution in [0.15, 0.2) is 62.8 Å². The Morgan fingerprint density at radius 3 is 2.45 bits per heavy atom. The standard InChI is InChI=1S/C22H22N4O3S2/c1-24(2)16-7-5-15(6-8-16)23-19(27)14-26-18-10-13-31-20(18)21(28)25(22(26)29)11-9-17-4-3-12-30-17/h3-8,10,12-13H,9,11,14H2,1-2H3,(H,23,27). The fraction of sp³-hybridized carbons (Fsp3) is 0.227. The van der Waals surface area contributed by atoms with Gasteiger partial charge in [-0.25, -0.2) is 4.79 Å². The molecule has 1 N–H and O–H groups in total. The Labute approximate surface area is 186 Å². The van der Waals surface area contributed by atoms with Gasteiger partial charge in [-0.2, -0.15) is 0 Å². The van der Waals surface area contributed by atoms with Crippen molar-refractivity contribution in [3.8, 4) is 0 Å². The van der Waals surface area contributed by atoms with Gasteiger partial charge in [0.25, 0.3) is 5.56 Å². The molecular formula is C22H22N4O3S2. The van der Waals surface area contributed by atoms with Gasteiger partial charge < -0.3 is 10.2 Å². The fourth-order valence-electron chi connectivity index (χ4n) is 3.35. The zero-order valence-electron chi connectivity index (χ0n) is 17.2. The minimum absolute atomic E-state index is 0.166. The minimum Gasteiger partial charge on any atom is -0.378 e. The van der Waals surface area contributed by atoms with Crippen molar-refractivity contribution in [3.05, 3.63) is 78.9 Å². The van der Waals surface area contributed by atoms with E-state index in [0.29, 0.717) is 22.3 Å². The zero-order chi connectivity index (χ0) is 22.0. The van der Waals surface area contributed by atoms with E-state index in [1.54, 1.807) is 22.8 Å². The van der Waals surface area contributed by atoms with Crippen LogP contribution in [0.4, 0.5) is 11.4 Å². The van der Waals surface area contributed by atoms with E-state index in [0.717, 1.165) is 10.6 Å². The molecule has 0 bridgehead atoms. The normalized spacial score (nSPS) is 11.0. The second-order valence-electron chi connectivity index (χ2n) is 7.28. The summed E-state index contributed by atoms with van der Waals surface area (Å²) in [5.74, 6) is -0.323. The summed E-state index contributed by atoms with van der Waals surface area (Å²) in [6.45, 7) is 0.112. The average Bonchev–Trinajstić information content (AvgIpc) is 3.43. The molecule has 1 aromatic carbocycles. The molecule has 31 heavy (non-hydrogen) atoms. The van der Waals surface area contributed by atoms with Crippen molar-refractivity contribution < 1.29 is 4.79 Å². The van der Waals surface area contributed by atoms with Gasteiger partial charge in [0.15, 0.2) is 0 Å². The maximum absolute atomic E-state index is 13.1. The van der Waals surface area contributed by atoms with Crippen LogP contribution in [0.1, 0.15) is 4.88 Å². The van der Waals surface area contributed by atoms with Gasteiger partial charge in [0.2, 0.25) is 5.91 Å². The molecular weight excluding hydrogens is 432 g/mol. The van der Waals surface area contributed by atoms with Gasteiger partial charge in [0.1, 0.15) is 11.2 Å². The molecule has 0 spiro atoms. The molecule has 0 saturated carbocycles. The van der Waals surface area contributed by atoms with Crippen LogP contribution < -0.4 is 21.5 Å². The van der Waals surface area contributed by atoms with Gasteiger partial charge in [-0.15, -0.1) is 22.7 Å². The summed E-state index contributed by atoms with van der Waals surface area (Å²) in [6, 6.07) is 13.1. The molecule has 3 heterocycles. The van der Waals surface area contributed by atoms with E-state index in [9.17, 15) is 14.4 Å². The largest absolute Gasteiger partial charge is 0.378 e. The highest BCUT2D eigenvalue weighted by atomic mass is 32.1. The monoisotopic (exact) mass is 454 g/mol. The number of thiophene rings is 2. The summed E-state index contributed by atoms with van der Waals surface area (Å²) in [6.07, 6.45) is 0.591. The van der Waals surface area contributed by atoms with Gasteiger partial charge in [0, 0.05) is 36.9 Å². The molecule has 0 radical (unpaired) electrons. The molecule has 4 rings (SSSR count). The van der Waals surface area contributed by atoms with Gasteiger partial charge in [-0.3, -0.25) is 18.7 Å². The van der Waals surface area contributed by atoms with Crippen molar-refractivity contribution in [3.63, 3.8) is 0 Å². The lowest BCUT2D eigenvalue weighted by Crippen LogP contribution is -2.41. The minimum atomic E-state index is -0.467. The summed E-state index contributed by atoms with van der Waals surface area (Å²) in [4.78, 5) is 41.7. The van der Waals surface area contributed by atoms with Crippen molar-refractivity contribution in [1.82, 2.24) is 9.13 Å². The van der Waals surface area contributed by atoms with Crippen LogP contribution in [-0.2, 0) is 24.3 Å². The Bertz CT molecular complexity index is 1320. The Kier molecular flexibility index (Phi) is 6.06. The van der Waals surface area contributed by atoms with Gasteiger partial charge in [-0.1, -0.05) is 6.07 Å². The summed E-state index contributed by atoms with van der Waals surface area (Å²) in [5, 5.41) is 6.56. The lowest BCUT2D eigenvalue weighted by molar-refractivity contribution is -0.116. The second-order valence-corrected chi connectivity index (χ2v) is 9.23. The Morgan fingerprint density at radius 2 is 1.77 bits per heavy atom. The average molecular weight is 455 g/mol. The van der Waals surface area contributed by atoms with Crippen LogP contribution in [0, 0.1) is 0 Å². The first-order valence-electron chi connectivity index (χ1n) is 9.74. The third kappa shape index (κ3) is 4.47. The van der Waals surface area contributed by atoms with Crippen LogP contribution in [0.2, 0.25) is 0 Å². The number of fused-ring (bicyclic) bond motifs is 1. The number of amides is 1. The Balaban J connectivity index is 1.60. The van der Waals surface area contributed by atoms with Crippen molar-refractivity contribution in [2.45, 2.75) is 19.5 Å². The number of hydrogen-bond donors (Lipinski definition) is 1. The van der Waals surface area contributed by atoms with E-state index in [4.69, 9.17) is 0 Å². The number of hydrogen-bond acceptors (Lipinski definition) is 6. The van der Waals surface area contributed by atoms with E-state index >= 15 is 0 Å². The maximum atomic E-state index is 13.1. The first-order chi connectivity index (χ1) is 14.9. The Morgan fingerprint density at radius 1 is 1.00 bits per heavy atom. The van der Waals surface area contributed by atoms with E-state index < -0.39 is 5.69 Å². The van der Waals surface area contributed by atoms with E-state index in [2.05, 4.69) is 5.32 Å². The predicted octanol–water partition coefficient (Wildman–Crippen LogP) is 3.23. The van der Waals surface area contributed by atoms with Gasteiger partial charge in [0.05, 0.1) is 5.52 Å². The number of aromatic nitrogens is 2. The summed E-state index contributed by atoms with van der Waals surface area (Å²) in [7, 11) is 3.89. The second kappa shape index (κ2) is 8.91. The smallest absolute Gasteiger partial charge is 0.332 e. The van der Waals surface area contributed by atoms with E-state index in [1.165, 1.54) is 20.5 Å². The molecule has 0 aliphatic heterocycles. The van der Waals surface area contributed by atoms with Crippen molar-refractivity contribution in [2.24, 2.45) is 0 Å². The van der Waals surface area contributed by atoms with Crippen molar-refractivity contribution in [1.29, 1.82) is 0 Å². The molecule has 0 aliphatic rings. The van der Waals surface area contributed by atoms with Crippen LogP contribution in [0.25, 0.3) is 10.2 Å². The molecule has 7 nitrogen and oxygen atoms in total. The van der Waals surface area contributed by atoms with Crippen LogP contribution in [0.3, 0.4) is 0 Å². The van der Waals surface area contributed by atoms with Crippen LogP contribution in [0.5, 0.6) is 0 Å². The molecule has 0 fully saturated rings. The number of anilines is 2. The number of nitrogens with one attached hydrogen (secondary N) is 1. The zero-order valence-corrected chi connectivity index (χ0v) is 18.8.